The van der Waals surface area contributed by atoms with Gasteiger partial charge in [0.05, 0.1) is 30.1 Å². The van der Waals surface area contributed by atoms with E-state index >= 15 is 0 Å². The third-order valence-electron chi connectivity index (χ3n) is 1.66. The fraction of sp³-hybridized carbons (Fsp3) is 0.111. The highest BCUT2D eigenvalue weighted by atomic mass is 32.1. The molecule has 2 rings (SSSR count). The van der Waals surface area contributed by atoms with Crippen LogP contribution in [0.3, 0.4) is 0 Å². The van der Waals surface area contributed by atoms with Gasteiger partial charge in [0.25, 0.3) is 5.19 Å². The fourth-order valence-electron chi connectivity index (χ4n) is 1.00. The van der Waals surface area contributed by atoms with E-state index in [9.17, 15) is 0 Å². The molecule has 2 aromatic rings. The normalized spacial score (nSPS) is 10.1. The number of rotatable bonds is 2. The first-order chi connectivity index (χ1) is 6.79. The molecule has 0 aliphatic carbocycles. The predicted octanol–water partition coefficient (Wildman–Crippen LogP) is 1.92. The van der Waals surface area contributed by atoms with Crippen molar-refractivity contribution in [3.63, 3.8) is 0 Å². The number of pyridine rings is 1. The number of methoxy groups -OCH3 is 1. The van der Waals surface area contributed by atoms with Gasteiger partial charge in [0.2, 0.25) is 0 Å². The van der Waals surface area contributed by atoms with Gasteiger partial charge in [-0.3, -0.25) is 4.98 Å². The number of aromatic nitrogens is 2. The van der Waals surface area contributed by atoms with E-state index in [1.807, 2.05) is 0 Å². The molecule has 0 aliphatic rings. The summed E-state index contributed by atoms with van der Waals surface area (Å²) < 4.78 is 4.97. The third kappa shape index (κ3) is 1.67. The van der Waals surface area contributed by atoms with E-state index in [1.54, 1.807) is 25.4 Å². The van der Waals surface area contributed by atoms with Crippen LogP contribution in [-0.4, -0.2) is 22.2 Å². The van der Waals surface area contributed by atoms with Crippen LogP contribution in [0.1, 0.15) is 0 Å². The van der Waals surface area contributed by atoms with Crippen molar-refractivity contribution < 1.29 is 9.84 Å². The highest BCUT2D eigenvalue weighted by Gasteiger charge is 2.05. The average Bonchev–Trinajstić information content (AvgIpc) is 2.67. The molecule has 0 fully saturated rings. The summed E-state index contributed by atoms with van der Waals surface area (Å²) in [6.45, 7) is 0. The lowest BCUT2D eigenvalue weighted by Crippen LogP contribution is -1.77. The number of ether oxygens (including phenoxy) is 1. The Hall–Kier alpha value is -1.62. The van der Waals surface area contributed by atoms with Gasteiger partial charge >= 0.3 is 0 Å². The smallest absolute Gasteiger partial charge is 0.273 e. The topological polar surface area (TPSA) is 55.2 Å². The van der Waals surface area contributed by atoms with Crippen LogP contribution in [-0.2, 0) is 0 Å². The predicted molar refractivity (Wildman–Crippen MR) is 53.6 cm³/mol. The molecule has 2 heterocycles. The molecule has 0 atom stereocenters. The monoisotopic (exact) mass is 208 g/mol. The van der Waals surface area contributed by atoms with Gasteiger partial charge in [-0.1, -0.05) is 11.3 Å². The molecule has 0 aromatic carbocycles. The molecule has 0 spiro atoms. The molecule has 0 saturated carbocycles. The van der Waals surface area contributed by atoms with Crippen LogP contribution in [0.2, 0.25) is 0 Å². The highest BCUT2D eigenvalue weighted by molar-refractivity contribution is 7.16. The maximum atomic E-state index is 9.06. The van der Waals surface area contributed by atoms with E-state index in [2.05, 4.69) is 9.97 Å². The summed E-state index contributed by atoms with van der Waals surface area (Å²) >= 11 is 1.41. The summed E-state index contributed by atoms with van der Waals surface area (Å²) in [6.07, 6.45) is 3.10. The van der Waals surface area contributed by atoms with E-state index in [4.69, 9.17) is 9.84 Å². The number of aromatic hydroxyl groups is 1. The van der Waals surface area contributed by atoms with Crippen LogP contribution in [0, 0.1) is 0 Å². The standard InChI is InChI=1S/C9H8N2O2S/c1-13-9-11-5-8(14-9)7-3-2-6(12)4-10-7/h2-5,12H,1H3. The Balaban J connectivity index is 2.34. The highest BCUT2D eigenvalue weighted by Crippen LogP contribution is 2.29. The Labute approximate surface area is 84.8 Å². The summed E-state index contributed by atoms with van der Waals surface area (Å²) in [7, 11) is 1.58. The Morgan fingerprint density at radius 3 is 2.71 bits per heavy atom. The van der Waals surface area contributed by atoms with Gasteiger partial charge < -0.3 is 9.84 Å². The van der Waals surface area contributed by atoms with Crippen molar-refractivity contribution in [2.24, 2.45) is 0 Å². The van der Waals surface area contributed by atoms with Gasteiger partial charge in [0, 0.05) is 0 Å². The molecule has 2 aromatic heterocycles. The Morgan fingerprint density at radius 1 is 1.29 bits per heavy atom. The van der Waals surface area contributed by atoms with Crippen molar-refractivity contribution in [3.8, 4) is 21.5 Å². The van der Waals surface area contributed by atoms with Crippen molar-refractivity contribution >= 4 is 11.3 Å². The molecule has 0 saturated heterocycles. The number of hydrogen-bond acceptors (Lipinski definition) is 5. The van der Waals surface area contributed by atoms with Crippen molar-refractivity contribution in [3.05, 3.63) is 24.5 Å². The summed E-state index contributed by atoms with van der Waals surface area (Å²) in [5, 5.41) is 9.66. The molecule has 0 unspecified atom stereocenters. The van der Waals surface area contributed by atoms with E-state index in [1.165, 1.54) is 17.5 Å². The lowest BCUT2D eigenvalue weighted by molar-refractivity contribution is 0.412. The van der Waals surface area contributed by atoms with Gasteiger partial charge in [-0.2, -0.15) is 0 Å². The van der Waals surface area contributed by atoms with E-state index < -0.39 is 0 Å². The lowest BCUT2D eigenvalue weighted by atomic mass is 10.3. The molecular formula is C9H8N2O2S. The maximum Gasteiger partial charge on any atom is 0.273 e. The Kier molecular flexibility index (Phi) is 2.32. The number of hydrogen-bond donors (Lipinski definition) is 1. The molecule has 0 amide bonds. The van der Waals surface area contributed by atoms with Gasteiger partial charge in [-0.15, -0.1) is 0 Å². The van der Waals surface area contributed by atoms with Gasteiger partial charge in [-0.05, 0) is 12.1 Å². The van der Waals surface area contributed by atoms with Crippen LogP contribution in [0.25, 0.3) is 10.6 Å². The molecule has 4 nitrogen and oxygen atoms in total. The Morgan fingerprint density at radius 2 is 2.14 bits per heavy atom. The van der Waals surface area contributed by atoms with Gasteiger partial charge in [0.15, 0.2) is 0 Å². The van der Waals surface area contributed by atoms with E-state index in [-0.39, 0.29) is 5.75 Å². The van der Waals surface area contributed by atoms with Gasteiger partial charge in [0.1, 0.15) is 5.75 Å². The van der Waals surface area contributed by atoms with Crippen LogP contribution in [0.15, 0.2) is 24.5 Å². The summed E-state index contributed by atoms with van der Waals surface area (Å²) in [5.74, 6) is 0.158. The van der Waals surface area contributed by atoms with Crippen LogP contribution < -0.4 is 4.74 Å². The van der Waals surface area contributed by atoms with Crippen LogP contribution in [0.4, 0.5) is 0 Å². The zero-order chi connectivity index (χ0) is 9.97. The first kappa shape index (κ1) is 8.96. The maximum absolute atomic E-state index is 9.06. The molecule has 5 heteroatoms. The second kappa shape index (κ2) is 3.63. The zero-order valence-electron chi connectivity index (χ0n) is 7.47. The third-order valence-corrected chi connectivity index (χ3v) is 2.64. The van der Waals surface area contributed by atoms with Crippen LogP contribution >= 0.6 is 11.3 Å². The van der Waals surface area contributed by atoms with Crippen LogP contribution in [0.5, 0.6) is 10.9 Å². The van der Waals surface area contributed by atoms with Gasteiger partial charge in [-0.25, -0.2) is 4.98 Å². The molecule has 0 aliphatic heterocycles. The molecule has 14 heavy (non-hydrogen) atoms. The molecule has 0 radical (unpaired) electrons. The first-order valence-corrected chi connectivity index (χ1v) is 4.76. The number of thiazole rings is 1. The summed E-state index contributed by atoms with van der Waals surface area (Å²) in [4.78, 5) is 9.01. The summed E-state index contributed by atoms with van der Waals surface area (Å²) in [5.41, 5.74) is 0.781. The Bertz CT molecular complexity index is 425. The molecule has 72 valence electrons. The molecule has 0 bridgehead atoms. The summed E-state index contributed by atoms with van der Waals surface area (Å²) in [6, 6.07) is 3.33. The average molecular weight is 208 g/mol. The van der Waals surface area contributed by atoms with E-state index in [0.717, 1.165) is 10.6 Å². The minimum atomic E-state index is 0.158. The molecule has 1 N–H and O–H groups in total. The lowest BCUT2D eigenvalue weighted by Gasteiger charge is -1.94. The second-order valence-electron chi connectivity index (χ2n) is 2.60. The zero-order valence-corrected chi connectivity index (χ0v) is 8.28. The minimum absolute atomic E-state index is 0.158. The minimum Gasteiger partial charge on any atom is -0.506 e. The van der Waals surface area contributed by atoms with Crippen molar-refractivity contribution in [2.45, 2.75) is 0 Å². The first-order valence-electron chi connectivity index (χ1n) is 3.95. The molecular weight excluding hydrogens is 200 g/mol. The van der Waals surface area contributed by atoms with Crippen molar-refractivity contribution in [1.29, 1.82) is 0 Å². The number of nitrogens with zero attached hydrogens (tertiary/aromatic N) is 2. The van der Waals surface area contributed by atoms with Crippen molar-refractivity contribution in [1.82, 2.24) is 9.97 Å². The van der Waals surface area contributed by atoms with E-state index in [0.29, 0.717) is 5.19 Å². The fourth-order valence-corrected chi connectivity index (χ4v) is 1.71. The second-order valence-corrected chi connectivity index (χ2v) is 3.59. The largest absolute Gasteiger partial charge is 0.506 e. The quantitative estimate of drug-likeness (QED) is 0.819. The van der Waals surface area contributed by atoms with Crippen molar-refractivity contribution in [2.75, 3.05) is 7.11 Å². The SMILES string of the molecule is COc1ncc(-c2ccc(O)cn2)s1.